The molecule has 1 aromatic rings. The van der Waals surface area contributed by atoms with Gasteiger partial charge in [-0.05, 0) is 25.0 Å². The van der Waals surface area contributed by atoms with Gasteiger partial charge in [0.15, 0.2) is 5.96 Å². The summed E-state index contributed by atoms with van der Waals surface area (Å²) < 4.78 is 5.27. The summed E-state index contributed by atoms with van der Waals surface area (Å²) in [4.78, 5) is 16.0. The van der Waals surface area contributed by atoms with Crippen molar-refractivity contribution in [2.45, 2.75) is 44.6 Å². The predicted molar refractivity (Wildman–Crippen MR) is 86.8 cm³/mol. The fraction of sp³-hybridized carbons (Fsp3) is 0.625. The average molecular weight is 306 g/mol. The monoisotopic (exact) mass is 306 g/mol. The van der Waals surface area contributed by atoms with Crippen LogP contribution in [-0.4, -0.2) is 38.0 Å². The molecule has 1 fully saturated rings. The van der Waals surface area contributed by atoms with Crippen molar-refractivity contribution >= 4 is 11.9 Å². The van der Waals surface area contributed by atoms with Crippen LogP contribution in [0.4, 0.5) is 0 Å². The van der Waals surface area contributed by atoms with Crippen molar-refractivity contribution in [1.82, 2.24) is 16.0 Å². The number of nitrogens with one attached hydrogen (secondary N) is 3. The lowest BCUT2D eigenvalue weighted by Gasteiger charge is -2.13. The molecule has 6 nitrogen and oxygen atoms in total. The Morgan fingerprint density at radius 1 is 1.32 bits per heavy atom. The molecule has 0 atom stereocenters. The van der Waals surface area contributed by atoms with E-state index in [1.165, 1.54) is 12.8 Å². The maximum absolute atomic E-state index is 11.8. The first-order chi connectivity index (χ1) is 10.8. The molecule has 1 aliphatic carbocycles. The number of rotatable bonds is 7. The van der Waals surface area contributed by atoms with Crippen LogP contribution in [0.3, 0.4) is 0 Å². The van der Waals surface area contributed by atoms with Gasteiger partial charge >= 0.3 is 0 Å². The number of hydrogen-bond acceptors (Lipinski definition) is 3. The van der Waals surface area contributed by atoms with Crippen LogP contribution in [0.15, 0.2) is 27.8 Å². The molecule has 0 spiro atoms. The molecule has 2 rings (SSSR count). The quantitative estimate of drug-likeness (QED) is 0.526. The molecule has 0 radical (unpaired) electrons. The second-order valence-electron chi connectivity index (χ2n) is 5.55. The van der Waals surface area contributed by atoms with E-state index in [4.69, 9.17) is 4.42 Å². The van der Waals surface area contributed by atoms with Crippen LogP contribution in [0.1, 0.15) is 37.9 Å². The number of amides is 1. The zero-order valence-corrected chi connectivity index (χ0v) is 13.2. The zero-order valence-electron chi connectivity index (χ0n) is 13.2. The first-order valence-corrected chi connectivity index (χ1v) is 8.04. The molecule has 0 unspecified atom stereocenters. The van der Waals surface area contributed by atoms with Gasteiger partial charge in [0.2, 0.25) is 5.91 Å². The van der Waals surface area contributed by atoms with Gasteiger partial charge in [-0.1, -0.05) is 12.8 Å². The highest BCUT2D eigenvalue weighted by Crippen LogP contribution is 2.17. The maximum Gasteiger partial charge on any atom is 0.221 e. The minimum Gasteiger partial charge on any atom is -0.469 e. The van der Waals surface area contributed by atoms with Gasteiger partial charge in [0.25, 0.3) is 0 Å². The van der Waals surface area contributed by atoms with E-state index < -0.39 is 0 Å². The Balaban J connectivity index is 1.56. The van der Waals surface area contributed by atoms with Crippen LogP contribution < -0.4 is 16.0 Å². The van der Waals surface area contributed by atoms with E-state index in [0.29, 0.717) is 25.0 Å². The number of nitrogens with zero attached hydrogens (tertiary/aromatic N) is 1. The highest BCUT2D eigenvalue weighted by Gasteiger charge is 2.16. The van der Waals surface area contributed by atoms with Gasteiger partial charge in [-0.2, -0.15) is 0 Å². The minimum atomic E-state index is 0.116. The highest BCUT2D eigenvalue weighted by atomic mass is 16.3. The molecular weight excluding hydrogens is 280 g/mol. The summed E-state index contributed by atoms with van der Waals surface area (Å²) in [5.74, 6) is 1.77. The maximum atomic E-state index is 11.8. The molecule has 0 aliphatic heterocycles. The van der Waals surface area contributed by atoms with Gasteiger partial charge in [-0.3, -0.25) is 9.79 Å². The highest BCUT2D eigenvalue weighted by molar-refractivity contribution is 5.81. The van der Waals surface area contributed by atoms with Crippen LogP contribution in [0.2, 0.25) is 0 Å². The Bertz CT molecular complexity index is 465. The van der Waals surface area contributed by atoms with Gasteiger partial charge in [-0.15, -0.1) is 0 Å². The molecule has 1 saturated carbocycles. The van der Waals surface area contributed by atoms with E-state index in [1.807, 2.05) is 12.1 Å². The van der Waals surface area contributed by atoms with Crippen molar-refractivity contribution in [2.75, 3.05) is 20.1 Å². The van der Waals surface area contributed by atoms with Gasteiger partial charge in [0, 0.05) is 39.0 Å². The number of carbonyl (C=O) groups is 1. The number of hydrogen-bond donors (Lipinski definition) is 3. The van der Waals surface area contributed by atoms with E-state index in [9.17, 15) is 4.79 Å². The molecule has 3 N–H and O–H groups in total. The van der Waals surface area contributed by atoms with E-state index >= 15 is 0 Å². The summed E-state index contributed by atoms with van der Waals surface area (Å²) in [7, 11) is 1.72. The van der Waals surface area contributed by atoms with Crippen molar-refractivity contribution in [1.29, 1.82) is 0 Å². The van der Waals surface area contributed by atoms with Gasteiger partial charge < -0.3 is 20.4 Å². The van der Waals surface area contributed by atoms with E-state index in [2.05, 4.69) is 20.9 Å². The Hall–Kier alpha value is -1.98. The zero-order chi connectivity index (χ0) is 15.6. The fourth-order valence-corrected chi connectivity index (χ4v) is 2.64. The smallest absolute Gasteiger partial charge is 0.221 e. The summed E-state index contributed by atoms with van der Waals surface area (Å²) in [6.45, 7) is 1.32. The molecule has 1 aromatic heterocycles. The summed E-state index contributed by atoms with van der Waals surface area (Å²) in [5.41, 5.74) is 0. The predicted octanol–water partition coefficient (Wildman–Crippen LogP) is 1.44. The third-order valence-electron chi connectivity index (χ3n) is 3.83. The second kappa shape index (κ2) is 9.12. The number of furan rings is 1. The molecule has 122 valence electrons. The molecule has 1 heterocycles. The van der Waals surface area contributed by atoms with Crippen molar-refractivity contribution < 1.29 is 9.21 Å². The lowest BCUT2D eigenvalue weighted by atomic mass is 10.2. The Labute approximate surface area is 131 Å². The molecule has 22 heavy (non-hydrogen) atoms. The standard InChI is InChI=1S/C16H26N4O2/c1-17-16(18-10-8-14-7-4-12-22-14)19-11-9-15(21)20-13-5-2-3-6-13/h4,7,12-13H,2-3,5-6,8-11H2,1H3,(H,20,21)(H2,17,18,19). The third-order valence-corrected chi connectivity index (χ3v) is 3.83. The lowest BCUT2D eigenvalue weighted by Crippen LogP contribution is -2.41. The normalized spacial score (nSPS) is 15.8. The summed E-state index contributed by atoms with van der Waals surface area (Å²) in [5, 5.41) is 9.44. The van der Waals surface area contributed by atoms with Gasteiger partial charge in [-0.25, -0.2) is 0 Å². The molecule has 1 amide bonds. The lowest BCUT2D eigenvalue weighted by molar-refractivity contribution is -0.121. The Morgan fingerprint density at radius 3 is 2.77 bits per heavy atom. The first kappa shape index (κ1) is 16.4. The summed E-state index contributed by atoms with van der Waals surface area (Å²) >= 11 is 0. The molecule has 6 heteroatoms. The Kier molecular flexibility index (Phi) is 6.80. The van der Waals surface area contributed by atoms with E-state index in [-0.39, 0.29) is 5.91 Å². The van der Waals surface area contributed by atoms with Gasteiger partial charge in [0.05, 0.1) is 6.26 Å². The van der Waals surface area contributed by atoms with Crippen molar-refractivity contribution in [3.8, 4) is 0 Å². The number of aliphatic imine (C=N–C) groups is 1. The van der Waals surface area contributed by atoms with Crippen molar-refractivity contribution in [2.24, 2.45) is 4.99 Å². The van der Waals surface area contributed by atoms with Crippen LogP contribution in [0, 0.1) is 0 Å². The van der Waals surface area contributed by atoms with Crippen molar-refractivity contribution in [3.05, 3.63) is 24.2 Å². The van der Waals surface area contributed by atoms with Crippen LogP contribution in [0.5, 0.6) is 0 Å². The minimum absolute atomic E-state index is 0.116. The van der Waals surface area contributed by atoms with E-state index in [1.54, 1.807) is 13.3 Å². The van der Waals surface area contributed by atoms with Crippen LogP contribution >= 0.6 is 0 Å². The number of carbonyl (C=O) groups excluding carboxylic acids is 1. The summed E-state index contributed by atoms with van der Waals surface area (Å²) in [6.07, 6.45) is 7.64. The van der Waals surface area contributed by atoms with Gasteiger partial charge in [0.1, 0.15) is 5.76 Å². The molecule has 0 saturated heterocycles. The average Bonchev–Trinajstić information content (AvgIpc) is 3.19. The molecule has 0 aromatic carbocycles. The topological polar surface area (TPSA) is 78.7 Å². The van der Waals surface area contributed by atoms with Crippen LogP contribution in [0.25, 0.3) is 0 Å². The summed E-state index contributed by atoms with van der Waals surface area (Å²) in [6, 6.07) is 4.22. The SMILES string of the molecule is CN=C(NCCC(=O)NC1CCCC1)NCCc1ccco1. The van der Waals surface area contributed by atoms with Crippen LogP contribution in [-0.2, 0) is 11.2 Å². The molecular formula is C16H26N4O2. The Morgan fingerprint density at radius 2 is 2.09 bits per heavy atom. The second-order valence-corrected chi connectivity index (χ2v) is 5.55. The fourth-order valence-electron chi connectivity index (χ4n) is 2.64. The number of guanidine groups is 1. The molecule has 0 bridgehead atoms. The molecule has 1 aliphatic rings. The third kappa shape index (κ3) is 5.79. The van der Waals surface area contributed by atoms with Crippen molar-refractivity contribution in [3.63, 3.8) is 0 Å². The van der Waals surface area contributed by atoms with E-state index in [0.717, 1.165) is 31.6 Å². The largest absolute Gasteiger partial charge is 0.469 e. The first-order valence-electron chi connectivity index (χ1n) is 8.04.